The van der Waals surface area contributed by atoms with Crippen molar-refractivity contribution in [2.45, 2.75) is 20.3 Å². The lowest BCUT2D eigenvalue weighted by molar-refractivity contribution is -0.671. The molecule has 0 radical (unpaired) electrons. The lowest BCUT2D eigenvalue weighted by Gasteiger charge is -2.03. The molecule has 0 aliphatic heterocycles. The summed E-state index contributed by atoms with van der Waals surface area (Å²) >= 11 is 0. The van der Waals surface area contributed by atoms with Crippen LogP contribution in [-0.2, 0) is 13.5 Å². The van der Waals surface area contributed by atoms with Gasteiger partial charge in [-0.3, -0.25) is 0 Å². The first-order valence-corrected chi connectivity index (χ1v) is 7.48. The van der Waals surface area contributed by atoms with Crippen molar-refractivity contribution >= 4 is 17.0 Å². The fraction of sp³-hybridized carbons (Fsp3) is 0.294. The van der Waals surface area contributed by atoms with E-state index in [1.54, 1.807) is 0 Å². The van der Waals surface area contributed by atoms with Gasteiger partial charge in [0.25, 0.3) is 0 Å². The summed E-state index contributed by atoms with van der Waals surface area (Å²) in [6.07, 6.45) is 5.09. The third kappa shape index (κ3) is 2.62. The second-order valence-electron chi connectivity index (χ2n) is 5.72. The standard InChI is InChI=1S/C17H22N5/c1-12-6-7-15-16(18)17(20-22(15)13(12)2)19-9-8-14-5-4-10-21(3)11-14/h4-7,10-11H,8-9,18H2,1-3H3,(H,19,20)/q+1. The Morgan fingerprint density at radius 1 is 1.27 bits per heavy atom. The van der Waals surface area contributed by atoms with E-state index < -0.39 is 0 Å². The molecule has 3 N–H and O–H groups in total. The molecule has 0 spiro atoms. The Hall–Kier alpha value is -2.56. The number of rotatable bonds is 4. The molecule has 5 nitrogen and oxygen atoms in total. The maximum atomic E-state index is 6.21. The van der Waals surface area contributed by atoms with Crippen molar-refractivity contribution in [2.75, 3.05) is 17.6 Å². The number of nitrogens with zero attached hydrogens (tertiary/aromatic N) is 3. The van der Waals surface area contributed by atoms with Crippen molar-refractivity contribution in [3.63, 3.8) is 0 Å². The van der Waals surface area contributed by atoms with Gasteiger partial charge in [-0.25, -0.2) is 9.08 Å². The molecule has 114 valence electrons. The van der Waals surface area contributed by atoms with E-state index in [0.717, 1.165) is 30.0 Å². The molecule has 0 aliphatic carbocycles. The number of aryl methyl sites for hydroxylation is 3. The number of aromatic nitrogens is 3. The number of fused-ring (bicyclic) bond motifs is 1. The molecule has 0 fully saturated rings. The average molecular weight is 296 g/mol. The van der Waals surface area contributed by atoms with E-state index in [-0.39, 0.29) is 0 Å². The molecule has 0 bridgehead atoms. The van der Waals surface area contributed by atoms with E-state index in [2.05, 4.69) is 53.2 Å². The molecular formula is C17H22N5+. The smallest absolute Gasteiger partial charge is 0.172 e. The number of nitrogen functional groups attached to an aromatic ring is 1. The Balaban J connectivity index is 1.77. The molecule has 3 aromatic heterocycles. The average Bonchev–Trinajstić information content (AvgIpc) is 2.81. The van der Waals surface area contributed by atoms with Gasteiger partial charge in [0.05, 0.1) is 5.52 Å². The van der Waals surface area contributed by atoms with E-state index in [4.69, 9.17) is 5.73 Å². The predicted molar refractivity (Wildman–Crippen MR) is 88.9 cm³/mol. The van der Waals surface area contributed by atoms with Crippen LogP contribution in [0, 0.1) is 13.8 Å². The Morgan fingerprint density at radius 3 is 2.86 bits per heavy atom. The number of hydrogen-bond acceptors (Lipinski definition) is 3. The summed E-state index contributed by atoms with van der Waals surface area (Å²) in [7, 11) is 2.03. The van der Waals surface area contributed by atoms with Gasteiger partial charge in [0.1, 0.15) is 12.7 Å². The maximum Gasteiger partial charge on any atom is 0.172 e. The first-order valence-electron chi connectivity index (χ1n) is 7.48. The van der Waals surface area contributed by atoms with E-state index in [9.17, 15) is 0 Å². The lowest BCUT2D eigenvalue weighted by Crippen LogP contribution is -2.27. The first kappa shape index (κ1) is 14.4. The predicted octanol–water partition coefficient (Wildman–Crippen LogP) is 2.01. The van der Waals surface area contributed by atoms with Crippen LogP contribution in [-0.4, -0.2) is 16.2 Å². The van der Waals surface area contributed by atoms with Gasteiger partial charge in [0.15, 0.2) is 18.2 Å². The number of nitrogens with two attached hydrogens (primary N) is 1. The minimum atomic E-state index is 0.710. The highest BCUT2D eigenvalue weighted by Crippen LogP contribution is 2.25. The molecule has 0 saturated heterocycles. The second kappa shape index (κ2) is 5.67. The summed E-state index contributed by atoms with van der Waals surface area (Å²) in [6.45, 7) is 4.94. The zero-order chi connectivity index (χ0) is 15.7. The SMILES string of the molecule is Cc1ccc2c(N)c(NCCc3ccc[n+](C)c3)nn2c1C. The molecule has 0 amide bonds. The van der Waals surface area contributed by atoms with Crippen LogP contribution in [0.5, 0.6) is 0 Å². The minimum absolute atomic E-state index is 0.710. The molecule has 0 unspecified atom stereocenters. The van der Waals surface area contributed by atoms with Gasteiger partial charge in [-0.15, -0.1) is 5.10 Å². The van der Waals surface area contributed by atoms with Gasteiger partial charge in [0, 0.05) is 23.9 Å². The van der Waals surface area contributed by atoms with Crippen molar-refractivity contribution in [2.24, 2.45) is 7.05 Å². The summed E-state index contributed by atoms with van der Waals surface area (Å²) in [4.78, 5) is 0. The van der Waals surface area contributed by atoms with Gasteiger partial charge in [0.2, 0.25) is 0 Å². The fourth-order valence-corrected chi connectivity index (χ4v) is 2.60. The van der Waals surface area contributed by atoms with E-state index >= 15 is 0 Å². The lowest BCUT2D eigenvalue weighted by atomic mass is 10.2. The van der Waals surface area contributed by atoms with E-state index in [1.807, 2.05) is 23.8 Å². The molecule has 5 heteroatoms. The second-order valence-corrected chi connectivity index (χ2v) is 5.72. The quantitative estimate of drug-likeness (QED) is 0.724. The highest BCUT2D eigenvalue weighted by atomic mass is 15.3. The molecule has 0 aliphatic rings. The molecule has 3 rings (SSSR count). The zero-order valence-electron chi connectivity index (χ0n) is 13.3. The van der Waals surface area contributed by atoms with Crippen molar-refractivity contribution in [1.82, 2.24) is 9.61 Å². The van der Waals surface area contributed by atoms with Crippen LogP contribution in [0.15, 0.2) is 36.7 Å². The summed E-state index contributed by atoms with van der Waals surface area (Å²) in [5.41, 5.74) is 11.5. The topological polar surface area (TPSA) is 59.2 Å². The van der Waals surface area contributed by atoms with Crippen molar-refractivity contribution in [3.8, 4) is 0 Å². The Labute approximate surface area is 130 Å². The Kier molecular flexibility index (Phi) is 3.71. The van der Waals surface area contributed by atoms with Crippen molar-refractivity contribution < 1.29 is 4.57 Å². The van der Waals surface area contributed by atoms with Gasteiger partial charge in [-0.1, -0.05) is 6.07 Å². The first-order chi connectivity index (χ1) is 10.6. The Bertz CT molecular complexity index is 819. The van der Waals surface area contributed by atoms with Crippen LogP contribution in [0.2, 0.25) is 0 Å². The zero-order valence-corrected chi connectivity index (χ0v) is 13.3. The maximum absolute atomic E-state index is 6.21. The minimum Gasteiger partial charge on any atom is -0.394 e. The fourth-order valence-electron chi connectivity index (χ4n) is 2.60. The van der Waals surface area contributed by atoms with Crippen LogP contribution < -0.4 is 15.6 Å². The van der Waals surface area contributed by atoms with Crippen LogP contribution in [0.1, 0.15) is 16.8 Å². The largest absolute Gasteiger partial charge is 0.394 e. The van der Waals surface area contributed by atoms with Crippen LogP contribution in [0.25, 0.3) is 5.52 Å². The highest BCUT2D eigenvalue weighted by Gasteiger charge is 2.11. The molecule has 3 aromatic rings. The number of hydrogen-bond donors (Lipinski definition) is 2. The number of anilines is 2. The molecular weight excluding hydrogens is 274 g/mol. The summed E-state index contributed by atoms with van der Waals surface area (Å²) in [6, 6.07) is 8.28. The van der Waals surface area contributed by atoms with E-state index in [1.165, 1.54) is 11.1 Å². The molecule has 0 saturated carbocycles. The van der Waals surface area contributed by atoms with Gasteiger partial charge >= 0.3 is 0 Å². The number of nitrogens with one attached hydrogen (secondary N) is 1. The van der Waals surface area contributed by atoms with Crippen LogP contribution in [0.3, 0.4) is 0 Å². The third-order valence-corrected chi connectivity index (χ3v) is 4.05. The highest BCUT2D eigenvalue weighted by molar-refractivity contribution is 5.81. The monoisotopic (exact) mass is 296 g/mol. The molecule has 3 heterocycles. The Morgan fingerprint density at radius 2 is 2.09 bits per heavy atom. The van der Waals surface area contributed by atoms with Gasteiger partial charge in [-0.2, -0.15) is 0 Å². The summed E-state index contributed by atoms with van der Waals surface area (Å²) in [5.74, 6) is 0.758. The molecule has 0 atom stereocenters. The van der Waals surface area contributed by atoms with E-state index in [0.29, 0.717) is 5.69 Å². The van der Waals surface area contributed by atoms with Crippen molar-refractivity contribution in [3.05, 3.63) is 53.5 Å². The summed E-state index contributed by atoms with van der Waals surface area (Å²) in [5, 5.41) is 7.95. The third-order valence-electron chi connectivity index (χ3n) is 4.05. The molecule has 22 heavy (non-hydrogen) atoms. The normalized spacial score (nSPS) is 11.0. The number of pyridine rings is 2. The van der Waals surface area contributed by atoms with Crippen LogP contribution >= 0.6 is 0 Å². The van der Waals surface area contributed by atoms with Gasteiger partial charge < -0.3 is 11.1 Å². The summed E-state index contributed by atoms with van der Waals surface area (Å²) < 4.78 is 3.97. The van der Waals surface area contributed by atoms with Gasteiger partial charge in [-0.05, 0) is 38.0 Å². The van der Waals surface area contributed by atoms with Crippen LogP contribution in [0.4, 0.5) is 11.5 Å². The molecule has 0 aromatic carbocycles. The van der Waals surface area contributed by atoms with Crippen molar-refractivity contribution in [1.29, 1.82) is 0 Å².